The maximum atomic E-state index is 5.86. The van der Waals surface area contributed by atoms with Gasteiger partial charge in [0.1, 0.15) is 5.82 Å². The van der Waals surface area contributed by atoms with Crippen molar-refractivity contribution in [2.24, 2.45) is 10.7 Å². The molecule has 2 aromatic rings. The van der Waals surface area contributed by atoms with Crippen LogP contribution in [0.25, 0.3) is 0 Å². The monoisotopic (exact) mass is 397 g/mol. The SMILES string of the molecule is CCc1ccc(NC(N)=NCc2ccnc(C)n2)cc1.I. The first kappa shape index (κ1) is 17.4. The number of rotatable bonds is 4. The highest BCUT2D eigenvalue weighted by molar-refractivity contribution is 14.0. The van der Waals surface area contributed by atoms with Crippen molar-refractivity contribution in [3.63, 3.8) is 0 Å². The first-order valence-electron chi connectivity index (χ1n) is 6.62. The highest BCUT2D eigenvalue weighted by atomic mass is 127. The number of nitrogens with two attached hydrogens (primary N) is 1. The quantitative estimate of drug-likeness (QED) is 0.473. The van der Waals surface area contributed by atoms with Gasteiger partial charge in [0.15, 0.2) is 5.96 Å². The van der Waals surface area contributed by atoms with Gasteiger partial charge < -0.3 is 11.1 Å². The number of hydrogen-bond acceptors (Lipinski definition) is 3. The molecule has 0 atom stereocenters. The molecule has 3 N–H and O–H groups in total. The lowest BCUT2D eigenvalue weighted by molar-refractivity contribution is 0.924. The van der Waals surface area contributed by atoms with E-state index in [1.54, 1.807) is 6.20 Å². The predicted octanol–water partition coefficient (Wildman–Crippen LogP) is 2.89. The topological polar surface area (TPSA) is 76.2 Å². The van der Waals surface area contributed by atoms with E-state index in [1.165, 1.54) is 5.56 Å². The van der Waals surface area contributed by atoms with Gasteiger partial charge in [-0.05, 0) is 37.1 Å². The summed E-state index contributed by atoms with van der Waals surface area (Å²) in [5.41, 5.74) is 8.93. The summed E-state index contributed by atoms with van der Waals surface area (Å²) in [6, 6.07) is 9.97. The molecule has 5 nitrogen and oxygen atoms in total. The van der Waals surface area contributed by atoms with Gasteiger partial charge in [-0.15, -0.1) is 24.0 Å². The number of hydrogen-bond donors (Lipinski definition) is 2. The molecule has 6 heteroatoms. The summed E-state index contributed by atoms with van der Waals surface area (Å²) in [6.07, 6.45) is 2.75. The number of aromatic nitrogens is 2. The highest BCUT2D eigenvalue weighted by Crippen LogP contribution is 2.09. The van der Waals surface area contributed by atoms with E-state index >= 15 is 0 Å². The maximum absolute atomic E-state index is 5.86. The normalized spacial score (nSPS) is 10.9. The summed E-state index contributed by atoms with van der Waals surface area (Å²) in [6.45, 7) is 4.42. The van der Waals surface area contributed by atoms with E-state index in [-0.39, 0.29) is 24.0 Å². The molecule has 0 aliphatic carbocycles. The first-order chi connectivity index (χ1) is 9.67. The molecule has 0 aliphatic heterocycles. The number of guanidine groups is 1. The van der Waals surface area contributed by atoms with Crippen molar-refractivity contribution in [2.45, 2.75) is 26.8 Å². The number of nitrogens with one attached hydrogen (secondary N) is 1. The van der Waals surface area contributed by atoms with E-state index in [0.29, 0.717) is 12.5 Å². The zero-order chi connectivity index (χ0) is 14.4. The van der Waals surface area contributed by atoms with Crippen LogP contribution in [0.4, 0.5) is 5.69 Å². The number of anilines is 1. The first-order valence-corrected chi connectivity index (χ1v) is 6.62. The Morgan fingerprint density at radius 3 is 2.57 bits per heavy atom. The van der Waals surface area contributed by atoms with Gasteiger partial charge in [0.2, 0.25) is 0 Å². The Bertz CT molecular complexity index is 595. The minimum absolute atomic E-state index is 0. The van der Waals surface area contributed by atoms with Gasteiger partial charge in [0.25, 0.3) is 0 Å². The Balaban J connectivity index is 0.00000220. The molecular formula is C15H20IN5. The Morgan fingerprint density at radius 2 is 1.95 bits per heavy atom. The number of halogens is 1. The second kappa shape index (κ2) is 8.56. The molecule has 0 bridgehead atoms. The molecule has 0 saturated heterocycles. The van der Waals surface area contributed by atoms with Crippen LogP contribution in [-0.2, 0) is 13.0 Å². The van der Waals surface area contributed by atoms with Crippen molar-refractivity contribution in [3.8, 4) is 0 Å². The summed E-state index contributed by atoms with van der Waals surface area (Å²) >= 11 is 0. The summed E-state index contributed by atoms with van der Waals surface area (Å²) in [4.78, 5) is 12.6. The molecule has 0 unspecified atom stereocenters. The van der Waals surface area contributed by atoms with E-state index < -0.39 is 0 Å². The Kier molecular flexibility index (Phi) is 7.07. The van der Waals surface area contributed by atoms with Crippen molar-refractivity contribution in [2.75, 3.05) is 5.32 Å². The third kappa shape index (κ3) is 5.66. The van der Waals surface area contributed by atoms with Gasteiger partial charge >= 0.3 is 0 Å². The zero-order valence-electron chi connectivity index (χ0n) is 12.2. The summed E-state index contributed by atoms with van der Waals surface area (Å²) in [5, 5.41) is 3.06. The Morgan fingerprint density at radius 1 is 1.24 bits per heavy atom. The van der Waals surface area contributed by atoms with E-state index in [4.69, 9.17) is 5.73 Å². The molecule has 1 heterocycles. The van der Waals surface area contributed by atoms with Gasteiger partial charge in [-0.1, -0.05) is 19.1 Å². The van der Waals surface area contributed by atoms with Crippen LogP contribution < -0.4 is 11.1 Å². The minimum atomic E-state index is 0. The predicted molar refractivity (Wildman–Crippen MR) is 97.0 cm³/mol. The summed E-state index contributed by atoms with van der Waals surface area (Å²) in [7, 11) is 0. The molecule has 0 radical (unpaired) electrons. The van der Waals surface area contributed by atoms with E-state index in [1.807, 2.05) is 25.1 Å². The van der Waals surface area contributed by atoms with E-state index in [9.17, 15) is 0 Å². The number of nitrogens with zero attached hydrogens (tertiary/aromatic N) is 3. The lowest BCUT2D eigenvalue weighted by Crippen LogP contribution is -2.22. The van der Waals surface area contributed by atoms with Gasteiger partial charge in [-0.2, -0.15) is 0 Å². The van der Waals surface area contributed by atoms with Crippen LogP contribution >= 0.6 is 24.0 Å². The van der Waals surface area contributed by atoms with E-state index in [2.05, 4.69) is 39.3 Å². The van der Waals surface area contributed by atoms with Crippen LogP contribution in [0.3, 0.4) is 0 Å². The van der Waals surface area contributed by atoms with Gasteiger partial charge in [-0.3, -0.25) is 0 Å². The molecular weight excluding hydrogens is 377 g/mol. The lowest BCUT2D eigenvalue weighted by atomic mass is 10.1. The molecule has 0 aliphatic rings. The molecule has 0 saturated carbocycles. The van der Waals surface area contributed by atoms with Crippen molar-refractivity contribution >= 4 is 35.6 Å². The molecule has 112 valence electrons. The average Bonchev–Trinajstić information content (AvgIpc) is 2.46. The van der Waals surface area contributed by atoms with Gasteiger partial charge in [-0.25, -0.2) is 15.0 Å². The average molecular weight is 397 g/mol. The maximum Gasteiger partial charge on any atom is 0.193 e. The Hall–Kier alpha value is -1.70. The lowest BCUT2D eigenvalue weighted by Gasteiger charge is -2.06. The standard InChI is InChI=1S/C15H19N5.HI/c1-3-12-4-6-13(7-5-12)20-15(16)18-10-14-8-9-17-11(2)19-14;/h4-9H,3,10H2,1-2H3,(H3,16,18,20);1H. The molecule has 1 aromatic carbocycles. The van der Waals surface area contributed by atoms with Crippen LogP contribution in [0.15, 0.2) is 41.5 Å². The van der Waals surface area contributed by atoms with Gasteiger partial charge in [0, 0.05) is 11.9 Å². The van der Waals surface area contributed by atoms with Crippen molar-refractivity contribution in [1.82, 2.24) is 9.97 Å². The fourth-order valence-electron chi connectivity index (χ4n) is 1.77. The van der Waals surface area contributed by atoms with Crippen molar-refractivity contribution in [1.29, 1.82) is 0 Å². The number of aliphatic imine (C=N–C) groups is 1. The zero-order valence-corrected chi connectivity index (χ0v) is 14.5. The molecule has 0 amide bonds. The van der Waals surface area contributed by atoms with Crippen LogP contribution in [0.2, 0.25) is 0 Å². The Labute approximate surface area is 142 Å². The summed E-state index contributed by atoms with van der Waals surface area (Å²) in [5.74, 6) is 1.12. The molecule has 2 rings (SSSR count). The smallest absolute Gasteiger partial charge is 0.193 e. The minimum Gasteiger partial charge on any atom is -0.370 e. The van der Waals surface area contributed by atoms with Crippen LogP contribution in [0, 0.1) is 6.92 Å². The van der Waals surface area contributed by atoms with Crippen LogP contribution in [0.1, 0.15) is 24.0 Å². The van der Waals surface area contributed by atoms with Gasteiger partial charge in [0.05, 0.1) is 12.2 Å². The largest absolute Gasteiger partial charge is 0.370 e. The number of benzene rings is 1. The molecule has 0 fully saturated rings. The highest BCUT2D eigenvalue weighted by Gasteiger charge is 1.97. The van der Waals surface area contributed by atoms with Crippen molar-refractivity contribution < 1.29 is 0 Å². The van der Waals surface area contributed by atoms with Crippen molar-refractivity contribution in [3.05, 3.63) is 53.6 Å². The number of aryl methyl sites for hydroxylation is 2. The second-order valence-electron chi connectivity index (χ2n) is 4.47. The fraction of sp³-hybridized carbons (Fsp3) is 0.267. The van der Waals surface area contributed by atoms with Crippen LogP contribution in [0.5, 0.6) is 0 Å². The molecule has 1 aromatic heterocycles. The molecule has 0 spiro atoms. The van der Waals surface area contributed by atoms with Crippen LogP contribution in [-0.4, -0.2) is 15.9 Å². The third-order valence-corrected chi connectivity index (χ3v) is 2.88. The fourth-order valence-corrected chi connectivity index (χ4v) is 1.77. The summed E-state index contributed by atoms with van der Waals surface area (Å²) < 4.78 is 0. The third-order valence-electron chi connectivity index (χ3n) is 2.88. The second-order valence-corrected chi connectivity index (χ2v) is 4.47. The molecule has 21 heavy (non-hydrogen) atoms. The van der Waals surface area contributed by atoms with E-state index in [0.717, 1.165) is 23.6 Å².